The van der Waals surface area contributed by atoms with E-state index < -0.39 is 11.2 Å². The molecular formula is C14H24N4O3. The lowest BCUT2D eigenvalue weighted by atomic mass is 10.1. The maximum atomic E-state index is 12.1. The van der Waals surface area contributed by atoms with E-state index in [1.165, 1.54) is 4.57 Å². The average molecular weight is 296 g/mol. The number of aromatic nitrogens is 2. The second-order valence-corrected chi connectivity index (χ2v) is 5.61. The third-order valence-electron chi connectivity index (χ3n) is 4.09. The molecular weight excluding hydrogens is 272 g/mol. The minimum Gasteiger partial charge on any atom is -0.396 e. The van der Waals surface area contributed by atoms with Crippen molar-refractivity contribution in [2.45, 2.75) is 39.2 Å². The van der Waals surface area contributed by atoms with E-state index in [9.17, 15) is 9.59 Å². The van der Waals surface area contributed by atoms with Gasteiger partial charge in [0.05, 0.1) is 0 Å². The van der Waals surface area contributed by atoms with Crippen molar-refractivity contribution < 1.29 is 5.11 Å². The first-order valence-corrected chi connectivity index (χ1v) is 7.56. The first-order chi connectivity index (χ1) is 10.1. The van der Waals surface area contributed by atoms with Gasteiger partial charge >= 0.3 is 5.69 Å². The Morgan fingerprint density at radius 2 is 2.19 bits per heavy atom. The fourth-order valence-electron chi connectivity index (χ4n) is 2.88. The van der Waals surface area contributed by atoms with Crippen molar-refractivity contribution in [2.75, 3.05) is 30.3 Å². The van der Waals surface area contributed by atoms with E-state index in [0.717, 1.165) is 32.2 Å². The Morgan fingerprint density at radius 1 is 1.43 bits per heavy atom. The molecule has 0 bridgehead atoms. The largest absolute Gasteiger partial charge is 0.396 e. The van der Waals surface area contributed by atoms with Gasteiger partial charge in [0.15, 0.2) is 0 Å². The van der Waals surface area contributed by atoms with Gasteiger partial charge in [0.2, 0.25) is 0 Å². The molecule has 1 aliphatic rings. The quantitative estimate of drug-likeness (QED) is 0.692. The fourth-order valence-corrected chi connectivity index (χ4v) is 2.88. The highest BCUT2D eigenvalue weighted by molar-refractivity contribution is 5.62. The number of aromatic amines is 1. The number of hydrogen-bond acceptors (Lipinski definition) is 5. The number of rotatable bonds is 6. The SMILES string of the molecule is CCCCn1c(N)c(N2CCC(CCO)C2)c(=O)[nH]c1=O. The van der Waals surface area contributed by atoms with Gasteiger partial charge in [-0.15, -0.1) is 0 Å². The van der Waals surface area contributed by atoms with Crippen molar-refractivity contribution >= 4 is 11.5 Å². The van der Waals surface area contributed by atoms with Crippen LogP contribution < -0.4 is 21.9 Å². The second kappa shape index (κ2) is 6.80. The highest BCUT2D eigenvalue weighted by Crippen LogP contribution is 2.26. The summed E-state index contributed by atoms with van der Waals surface area (Å²) in [5, 5.41) is 9.01. The van der Waals surface area contributed by atoms with Gasteiger partial charge in [-0.05, 0) is 25.2 Å². The number of nitrogens with one attached hydrogen (secondary N) is 1. The Hall–Kier alpha value is -1.76. The number of unbranched alkanes of at least 4 members (excludes halogenated alkanes) is 1. The van der Waals surface area contributed by atoms with Crippen molar-refractivity contribution in [3.8, 4) is 0 Å². The van der Waals surface area contributed by atoms with Gasteiger partial charge in [0.1, 0.15) is 11.5 Å². The van der Waals surface area contributed by atoms with Gasteiger partial charge in [-0.2, -0.15) is 0 Å². The van der Waals surface area contributed by atoms with Gasteiger partial charge in [-0.1, -0.05) is 13.3 Å². The summed E-state index contributed by atoms with van der Waals surface area (Å²) in [7, 11) is 0. The standard InChI is InChI=1S/C14H24N4O3/c1-2-3-6-18-12(15)11(13(20)16-14(18)21)17-7-4-10(9-17)5-8-19/h10,19H,2-9,15H2,1H3,(H,16,20,21). The van der Waals surface area contributed by atoms with Crippen LogP contribution in [-0.2, 0) is 6.54 Å². The molecule has 1 atom stereocenters. The van der Waals surface area contributed by atoms with Crippen LogP contribution in [0.5, 0.6) is 0 Å². The molecule has 1 unspecified atom stereocenters. The van der Waals surface area contributed by atoms with Crippen LogP contribution in [-0.4, -0.2) is 34.4 Å². The van der Waals surface area contributed by atoms with Gasteiger partial charge < -0.3 is 15.7 Å². The van der Waals surface area contributed by atoms with Gasteiger partial charge in [0.25, 0.3) is 5.56 Å². The Bertz CT molecular complexity index is 593. The van der Waals surface area contributed by atoms with Crippen LogP contribution in [0.2, 0.25) is 0 Å². The van der Waals surface area contributed by atoms with Crippen molar-refractivity contribution in [3.05, 3.63) is 20.8 Å². The van der Waals surface area contributed by atoms with E-state index in [-0.39, 0.29) is 12.4 Å². The molecule has 0 spiro atoms. The summed E-state index contributed by atoms with van der Waals surface area (Å²) in [6.45, 7) is 4.12. The zero-order chi connectivity index (χ0) is 15.4. The van der Waals surface area contributed by atoms with E-state index in [2.05, 4.69) is 4.98 Å². The Labute approximate surface area is 123 Å². The zero-order valence-corrected chi connectivity index (χ0v) is 12.5. The molecule has 0 radical (unpaired) electrons. The summed E-state index contributed by atoms with van der Waals surface area (Å²) in [5.41, 5.74) is 5.61. The first kappa shape index (κ1) is 15.6. The number of anilines is 2. The van der Waals surface area contributed by atoms with Crippen LogP contribution in [0.3, 0.4) is 0 Å². The van der Waals surface area contributed by atoms with Gasteiger partial charge in [-0.25, -0.2) is 4.79 Å². The molecule has 0 aliphatic carbocycles. The molecule has 21 heavy (non-hydrogen) atoms. The zero-order valence-electron chi connectivity index (χ0n) is 12.5. The van der Waals surface area contributed by atoms with E-state index in [1.54, 1.807) is 0 Å². The van der Waals surface area contributed by atoms with Gasteiger partial charge in [-0.3, -0.25) is 14.3 Å². The predicted octanol–water partition coefficient (Wildman–Crippen LogP) is 0.128. The lowest BCUT2D eigenvalue weighted by Gasteiger charge is -2.21. The Morgan fingerprint density at radius 3 is 2.86 bits per heavy atom. The van der Waals surface area contributed by atoms with Crippen molar-refractivity contribution in [3.63, 3.8) is 0 Å². The second-order valence-electron chi connectivity index (χ2n) is 5.61. The summed E-state index contributed by atoms with van der Waals surface area (Å²) in [5.74, 6) is 0.617. The van der Waals surface area contributed by atoms with Crippen LogP contribution in [0.1, 0.15) is 32.6 Å². The number of nitrogens with zero attached hydrogens (tertiary/aromatic N) is 2. The molecule has 7 heteroatoms. The Kier molecular flexibility index (Phi) is 5.06. The third-order valence-corrected chi connectivity index (χ3v) is 4.09. The smallest absolute Gasteiger partial charge is 0.330 e. The summed E-state index contributed by atoms with van der Waals surface area (Å²) >= 11 is 0. The average Bonchev–Trinajstić information content (AvgIpc) is 2.87. The summed E-state index contributed by atoms with van der Waals surface area (Å²) in [6.07, 6.45) is 3.43. The van der Waals surface area contributed by atoms with E-state index in [4.69, 9.17) is 10.8 Å². The number of nitrogens with two attached hydrogens (primary N) is 1. The van der Waals surface area contributed by atoms with E-state index in [0.29, 0.717) is 24.7 Å². The maximum Gasteiger partial charge on any atom is 0.330 e. The third kappa shape index (κ3) is 3.29. The first-order valence-electron chi connectivity index (χ1n) is 7.56. The number of nitrogen functional groups attached to an aromatic ring is 1. The molecule has 1 fully saturated rings. The Balaban J connectivity index is 2.31. The molecule has 1 aliphatic heterocycles. The number of hydrogen-bond donors (Lipinski definition) is 3. The molecule has 0 saturated carbocycles. The summed E-state index contributed by atoms with van der Waals surface area (Å²) in [4.78, 5) is 28.3. The molecule has 118 valence electrons. The monoisotopic (exact) mass is 296 g/mol. The van der Waals surface area contributed by atoms with E-state index >= 15 is 0 Å². The van der Waals surface area contributed by atoms with Crippen LogP contribution in [0, 0.1) is 5.92 Å². The molecule has 2 heterocycles. The number of aliphatic hydroxyl groups excluding tert-OH is 1. The van der Waals surface area contributed by atoms with E-state index in [1.807, 2.05) is 11.8 Å². The van der Waals surface area contributed by atoms with Crippen molar-refractivity contribution in [1.29, 1.82) is 0 Å². The predicted molar refractivity (Wildman–Crippen MR) is 82.7 cm³/mol. The molecule has 1 aromatic heterocycles. The molecule has 0 aromatic carbocycles. The van der Waals surface area contributed by atoms with Crippen LogP contribution in [0.15, 0.2) is 9.59 Å². The molecule has 2 rings (SSSR count). The number of aliphatic hydroxyl groups is 1. The lowest BCUT2D eigenvalue weighted by molar-refractivity contribution is 0.263. The highest BCUT2D eigenvalue weighted by atomic mass is 16.3. The van der Waals surface area contributed by atoms with Crippen molar-refractivity contribution in [2.24, 2.45) is 5.92 Å². The minimum atomic E-state index is -0.444. The van der Waals surface area contributed by atoms with Crippen molar-refractivity contribution in [1.82, 2.24) is 9.55 Å². The topological polar surface area (TPSA) is 104 Å². The highest BCUT2D eigenvalue weighted by Gasteiger charge is 2.26. The van der Waals surface area contributed by atoms with Crippen LogP contribution >= 0.6 is 0 Å². The molecule has 7 nitrogen and oxygen atoms in total. The molecule has 1 saturated heterocycles. The normalized spacial score (nSPS) is 18.4. The molecule has 0 amide bonds. The summed E-state index contributed by atoms with van der Waals surface area (Å²) in [6, 6.07) is 0. The lowest BCUT2D eigenvalue weighted by Crippen LogP contribution is -2.37. The van der Waals surface area contributed by atoms with Crippen LogP contribution in [0.25, 0.3) is 0 Å². The minimum absolute atomic E-state index is 0.153. The fraction of sp³-hybridized carbons (Fsp3) is 0.714. The van der Waals surface area contributed by atoms with Gasteiger partial charge in [0, 0.05) is 26.2 Å². The number of H-pyrrole nitrogens is 1. The van der Waals surface area contributed by atoms with Crippen LogP contribution in [0.4, 0.5) is 11.5 Å². The summed E-state index contributed by atoms with van der Waals surface area (Å²) < 4.78 is 1.44. The molecule has 1 aromatic rings. The maximum absolute atomic E-state index is 12.1. The molecule has 4 N–H and O–H groups in total.